The quantitative estimate of drug-likeness (QED) is 0.838. The first-order valence-corrected chi connectivity index (χ1v) is 9.06. The Labute approximate surface area is 152 Å². The molecule has 4 rings (SSSR count). The van der Waals surface area contributed by atoms with Crippen LogP contribution in [-0.2, 0) is 4.74 Å². The molecule has 138 valence electrons. The fourth-order valence-electron chi connectivity index (χ4n) is 3.95. The Kier molecular flexibility index (Phi) is 4.72. The van der Waals surface area contributed by atoms with E-state index in [2.05, 4.69) is 20.1 Å². The number of nitrogens with zero attached hydrogens (tertiary/aromatic N) is 4. The molecule has 0 radical (unpaired) electrons. The summed E-state index contributed by atoms with van der Waals surface area (Å²) in [5.41, 5.74) is 0.695. The summed E-state index contributed by atoms with van der Waals surface area (Å²) in [6, 6.07) is 6.90. The number of anilines is 1. The van der Waals surface area contributed by atoms with Gasteiger partial charge in [-0.3, -0.25) is 0 Å². The van der Waals surface area contributed by atoms with Crippen molar-refractivity contribution in [2.45, 2.75) is 32.3 Å². The molecule has 2 unspecified atom stereocenters. The molecule has 26 heavy (non-hydrogen) atoms. The number of piperidine rings is 1. The molecule has 0 bridgehead atoms. The van der Waals surface area contributed by atoms with Gasteiger partial charge in [-0.2, -0.15) is 5.10 Å². The normalized spacial score (nSPS) is 25.6. The SMILES string of the molecule is Cc1ccc(N2CCC3OCCCC3(COc3ncccc3F)C2)nn1. The van der Waals surface area contributed by atoms with E-state index in [0.29, 0.717) is 6.61 Å². The summed E-state index contributed by atoms with van der Waals surface area (Å²) in [5.74, 6) is 0.482. The second kappa shape index (κ2) is 7.15. The van der Waals surface area contributed by atoms with Gasteiger partial charge in [-0.25, -0.2) is 9.37 Å². The maximum Gasteiger partial charge on any atom is 0.250 e. The highest BCUT2D eigenvalue weighted by molar-refractivity contribution is 5.39. The summed E-state index contributed by atoms with van der Waals surface area (Å²) >= 11 is 0. The van der Waals surface area contributed by atoms with Crippen LogP contribution >= 0.6 is 0 Å². The lowest BCUT2D eigenvalue weighted by atomic mass is 9.73. The van der Waals surface area contributed by atoms with Crippen LogP contribution in [0.25, 0.3) is 0 Å². The predicted octanol–water partition coefficient (Wildman–Crippen LogP) is 2.77. The Bertz CT molecular complexity index is 757. The number of ether oxygens (including phenoxy) is 2. The van der Waals surface area contributed by atoms with Crippen molar-refractivity contribution in [3.8, 4) is 5.88 Å². The zero-order valence-corrected chi connectivity index (χ0v) is 14.9. The van der Waals surface area contributed by atoms with E-state index in [1.54, 1.807) is 12.3 Å². The molecule has 0 aromatic carbocycles. The Morgan fingerprint density at radius 1 is 1.35 bits per heavy atom. The van der Waals surface area contributed by atoms with Crippen LogP contribution < -0.4 is 9.64 Å². The zero-order valence-electron chi connectivity index (χ0n) is 14.9. The zero-order chi connectivity index (χ0) is 18.0. The number of pyridine rings is 1. The highest BCUT2D eigenvalue weighted by atomic mass is 19.1. The topological polar surface area (TPSA) is 60.4 Å². The Hall–Kier alpha value is -2.28. The summed E-state index contributed by atoms with van der Waals surface area (Å²) in [6.45, 7) is 4.69. The highest BCUT2D eigenvalue weighted by Crippen LogP contribution is 2.41. The molecule has 2 atom stereocenters. The number of hydrogen-bond donors (Lipinski definition) is 0. The minimum atomic E-state index is -0.436. The van der Waals surface area contributed by atoms with E-state index in [-0.39, 0.29) is 17.4 Å². The minimum Gasteiger partial charge on any atom is -0.475 e. The molecule has 2 aliphatic heterocycles. The summed E-state index contributed by atoms with van der Waals surface area (Å²) in [5, 5.41) is 8.50. The van der Waals surface area contributed by atoms with Gasteiger partial charge in [0, 0.05) is 31.3 Å². The number of rotatable bonds is 4. The second-order valence-electron chi connectivity index (χ2n) is 7.15. The molecule has 6 nitrogen and oxygen atoms in total. The molecule has 2 aromatic heterocycles. The van der Waals surface area contributed by atoms with Gasteiger partial charge in [0.05, 0.1) is 18.4 Å². The van der Waals surface area contributed by atoms with E-state index in [1.165, 1.54) is 6.07 Å². The summed E-state index contributed by atoms with van der Waals surface area (Å²) in [6.07, 6.45) is 4.49. The number of halogens is 1. The van der Waals surface area contributed by atoms with E-state index < -0.39 is 5.82 Å². The van der Waals surface area contributed by atoms with Gasteiger partial charge in [-0.05, 0) is 50.5 Å². The largest absolute Gasteiger partial charge is 0.475 e. The monoisotopic (exact) mass is 358 g/mol. The van der Waals surface area contributed by atoms with Gasteiger partial charge < -0.3 is 14.4 Å². The third-order valence-corrected chi connectivity index (χ3v) is 5.32. The van der Waals surface area contributed by atoms with Gasteiger partial charge >= 0.3 is 0 Å². The first-order valence-electron chi connectivity index (χ1n) is 9.06. The lowest BCUT2D eigenvalue weighted by Crippen LogP contribution is -2.57. The van der Waals surface area contributed by atoms with Crippen LogP contribution in [-0.4, -0.2) is 47.6 Å². The molecule has 0 spiro atoms. The highest BCUT2D eigenvalue weighted by Gasteiger charge is 2.47. The van der Waals surface area contributed by atoms with Crippen molar-refractivity contribution in [3.05, 3.63) is 42.0 Å². The van der Waals surface area contributed by atoms with Gasteiger partial charge in [0.15, 0.2) is 11.6 Å². The van der Waals surface area contributed by atoms with Crippen molar-refractivity contribution in [2.24, 2.45) is 5.41 Å². The number of aromatic nitrogens is 3. The van der Waals surface area contributed by atoms with Crippen molar-refractivity contribution < 1.29 is 13.9 Å². The summed E-state index contributed by atoms with van der Waals surface area (Å²) in [7, 11) is 0. The van der Waals surface area contributed by atoms with Crippen molar-refractivity contribution in [1.82, 2.24) is 15.2 Å². The summed E-state index contributed by atoms with van der Waals surface area (Å²) in [4.78, 5) is 6.24. The van der Waals surface area contributed by atoms with E-state index in [4.69, 9.17) is 9.47 Å². The van der Waals surface area contributed by atoms with Crippen LogP contribution in [0.15, 0.2) is 30.5 Å². The van der Waals surface area contributed by atoms with Crippen LogP contribution in [0.5, 0.6) is 5.88 Å². The van der Waals surface area contributed by atoms with Crippen molar-refractivity contribution in [3.63, 3.8) is 0 Å². The summed E-state index contributed by atoms with van der Waals surface area (Å²) < 4.78 is 25.8. The molecular formula is C19H23FN4O2. The van der Waals surface area contributed by atoms with Gasteiger partial charge in [-0.1, -0.05) is 0 Å². The first kappa shape index (κ1) is 17.1. The van der Waals surface area contributed by atoms with E-state index in [1.807, 2.05) is 19.1 Å². The first-order chi connectivity index (χ1) is 12.7. The molecule has 4 heterocycles. The van der Waals surface area contributed by atoms with Crippen molar-refractivity contribution >= 4 is 5.82 Å². The maximum absolute atomic E-state index is 13.9. The average molecular weight is 358 g/mol. The molecule has 0 N–H and O–H groups in total. The molecule has 2 saturated heterocycles. The van der Waals surface area contributed by atoms with Crippen LogP contribution in [0.1, 0.15) is 25.0 Å². The maximum atomic E-state index is 13.9. The fraction of sp³-hybridized carbons (Fsp3) is 0.526. The Morgan fingerprint density at radius 2 is 2.27 bits per heavy atom. The van der Waals surface area contributed by atoms with Crippen molar-refractivity contribution in [2.75, 3.05) is 31.2 Å². The van der Waals surface area contributed by atoms with E-state index in [9.17, 15) is 4.39 Å². The van der Waals surface area contributed by atoms with Crippen LogP contribution in [0, 0.1) is 18.2 Å². The molecule has 0 saturated carbocycles. The molecular weight excluding hydrogens is 335 g/mol. The van der Waals surface area contributed by atoms with Crippen LogP contribution in [0.4, 0.5) is 10.2 Å². The molecule has 0 aliphatic carbocycles. The van der Waals surface area contributed by atoms with Gasteiger partial charge in [0.1, 0.15) is 0 Å². The lowest BCUT2D eigenvalue weighted by Gasteiger charge is -2.50. The van der Waals surface area contributed by atoms with Gasteiger partial charge in [0.25, 0.3) is 0 Å². The average Bonchev–Trinajstić information content (AvgIpc) is 2.67. The lowest BCUT2D eigenvalue weighted by molar-refractivity contribution is -0.110. The van der Waals surface area contributed by atoms with E-state index in [0.717, 1.165) is 50.5 Å². The molecule has 0 amide bonds. The van der Waals surface area contributed by atoms with Gasteiger partial charge in [-0.15, -0.1) is 5.10 Å². The molecule has 2 aromatic rings. The van der Waals surface area contributed by atoms with E-state index >= 15 is 0 Å². The second-order valence-corrected chi connectivity index (χ2v) is 7.15. The standard InChI is InChI=1S/C19H23FN4O2/c1-14-5-6-17(23-22-14)24-10-7-16-19(12-24,8-3-11-25-16)13-26-18-15(20)4-2-9-21-18/h2,4-6,9,16H,3,7-8,10-13H2,1H3. The number of fused-ring (bicyclic) bond motifs is 1. The minimum absolute atomic E-state index is 0.0541. The smallest absolute Gasteiger partial charge is 0.250 e. The predicted molar refractivity (Wildman–Crippen MR) is 94.7 cm³/mol. The third-order valence-electron chi connectivity index (χ3n) is 5.32. The molecule has 2 fully saturated rings. The Balaban J connectivity index is 1.54. The number of hydrogen-bond acceptors (Lipinski definition) is 6. The van der Waals surface area contributed by atoms with Crippen LogP contribution in [0.3, 0.4) is 0 Å². The Morgan fingerprint density at radius 3 is 3.08 bits per heavy atom. The third kappa shape index (κ3) is 3.35. The van der Waals surface area contributed by atoms with Gasteiger partial charge in [0.2, 0.25) is 5.88 Å². The van der Waals surface area contributed by atoms with Crippen molar-refractivity contribution in [1.29, 1.82) is 0 Å². The molecule has 2 aliphatic rings. The number of aryl methyl sites for hydroxylation is 1. The molecule has 7 heteroatoms. The van der Waals surface area contributed by atoms with Crippen LogP contribution in [0.2, 0.25) is 0 Å². The fourth-order valence-corrected chi connectivity index (χ4v) is 3.95.